The van der Waals surface area contributed by atoms with E-state index in [2.05, 4.69) is 15.0 Å². The van der Waals surface area contributed by atoms with E-state index in [4.69, 9.17) is 4.74 Å². The third-order valence-electron chi connectivity index (χ3n) is 5.01. The maximum absolute atomic E-state index is 12.7. The SMILES string of the molecule is Cc1cc(C)c(OCC(=O)Nc2cccc(S(=O)(=O)NC3=NCCCCC3)c2)c(C)c1. The number of aliphatic imine (C=N–C) groups is 1. The van der Waals surface area contributed by atoms with Crippen molar-refractivity contribution in [2.75, 3.05) is 18.5 Å². The molecular formula is C23H29N3O4S. The number of ether oxygens (including phenoxy) is 1. The van der Waals surface area contributed by atoms with Gasteiger partial charge in [0.05, 0.1) is 4.90 Å². The predicted molar refractivity (Wildman–Crippen MR) is 122 cm³/mol. The first-order chi connectivity index (χ1) is 14.7. The molecule has 0 spiro atoms. The zero-order chi connectivity index (χ0) is 22.4. The van der Waals surface area contributed by atoms with Gasteiger partial charge in [0.25, 0.3) is 15.9 Å². The summed E-state index contributed by atoms with van der Waals surface area (Å²) in [6.07, 6.45) is 3.54. The summed E-state index contributed by atoms with van der Waals surface area (Å²) in [5.74, 6) is 0.810. The maximum Gasteiger partial charge on any atom is 0.262 e. The fourth-order valence-corrected chi connectivity index (χ4v) is 4.78. The number of benzene rings is 2. The number of nitrogens with one attached hydrogen (secondary N) is 2. The molecule has 2 aromatic carbocycles. The zero-order valence-electron chi connectivity index (χ0n) is 18.2. The van der Waals surface area contributed by atoms with Crippen molar-refractivity contribution in [1.29, 1.82) is 0 Å². The number of carbonyl (C=O) groups excluding carboxylic acids is 1. The number of anilines is 1. The lowest BCUT2D eigenvalue weighted by atomic mass is 10.1. The predicted octanol–water partition coefficient (Wildman–Crippen LogP) is 3.88. The molecule has 0 bridgehead atoms. The molecule has 8 heteroatoms. The Morgan fingerprint density at radius 3 is 2.55 bits per heavy atom. The van der Waals surface area contributed by atoms with E-state index in [-0.39, 0.29) is 17.4 Å². The van der Waals surface area contributed by atoms with Gasteiger partial charge in [0.15, 0.2) is 6.61 Å². The highest BCUT2D eigenvalue weighted by molar-refractivity contribution is 7.90. The lowest BCUT2D eigenvalue weighted by Crippen LogP contribution is -2.30. The van der Waals surface area contributed by atoms with E-state index in [1.807, 2.05) is 32.9 Å². The molecule has 31 heavy (non-hydrogen) atoms. The molecule has 166 valence electrons. The van der Waals surface area contributed by atoms with Gasteiger partial charge in [0, 0.05) is 18.7 Å². The van der Waals surface area contributed by atoms with E-state index in [0.29, 0.717) is 30.2 Å². The number of hydrogen-bond donors (Lipinski definition) is 2. The van der Waals surface area contributed by atoms with E-state index in [1.54, 1.807) is 12.1 Å². The van der Waals surface area contributed by atoms with Crippen molar-refractivity contribution in [3.05, 3.63) is 53.1 Å². The van der Waals surface area contributed by atoms with Crippen LogP contribution in [0.4, 0.5) is 5.69 Å². The lowest BCUT2D eigenvalue weighted by Gasteiger charge is -2.14. The second-order valence-electron chi connectivity index (χ2n) is 7.84. The van der Waals surface area contributed by atoms with Crippen LogP contribution in [-0.2, 0) is 14.8 Å². The topological polar surface area (TPSA) is 96.9 Å². The summed E-state index contributed by atoms with van der Waals surface area (Å²) < 4.78 is 33.8. The third-order valence-corrected chi connectivity index (χ3v) is 6.39. The highest BCUT2D eigenvalue weighted by Gasteiger charge is 2.18. The fourth-order valence-electron chi connectivity index (χ4n) is 3.64. The van der Waals surface area contributed by atoms with Gasteiger partial charge in [-0.05, 0) is 62.9 Å². The number of nitrogens with zero attached hydrogens (tertiary/aromatic N) is 1. The molecule has 0 unspecified atom stereocenters. The monoisotopic (exact) mass is 443 g/mol. The van der Waals surface area contributed by atoms with Crippen LogP contribution in [0.15, 0.2) is 46.3 Å². The van der Waals surface area contributed by atoms with Gasteiger partial charge in [-0.1, -0.05) is 30.2 Å². The highest BCUT2D eigenvalue weighted by atomic mass is 32.2. The van der Waals surface area contributed by atoms with Crippen LogP contribution in [0.3, 0.4) is 0 Å². The summed E-state index contributed by atoms with van der Waals surface area (Å²) in [4.78, 5) is 16.8. The zero-order valence-corrected chi connectivity index (χ0v) is 19.0. The number of rotatable bonds is 6. The van der Waals surface area contributed by atoms with E-state index >= 15 is 0 Å². The molecule has 7 nitrogen and oxygen atoms in total. The van der Waals surface area contributed by atoms with E-state index in [0.717, 1.165) is 36.0 Å². The molecule has 0 saturated carbocycles. The van der Waals surface area contributed by atoms with Gasteiger partial charge in [-0.2, -0.15) is 0 Å². The Balaban J connectivity index is 1.64. The van der Waals surface area contributed by atoms with Crippen molar-refractivity contribution in [1.82, 2.24) is 4.72 Å². The summed E-state index contributed by atoms with van der Waals surface area (Å²) in [6, 6.07) is 10.2. The Labute approximate surface area is 184 Å². The molecule has 0 saturated heterocycles. The van der Waals surface area contributed by atoms with Crippen molar-refractivity contribution < 1.29 is 17.9 Å². The number of sulfonamides is 1. The van der Waals surface area contributed by atoms with Gasteiger partial charge in [-0.25, -0.2) is 8.42 Å². The number of amides is 1. The Morgan fingerprint density at radius 2 is 1.81 bits per heavy atom. The quantitative estimate of drug-likeness (QED) is 0.708. The van der Waals surface area contributed by atoms with Gasteiger partial charge >= 0.3 is 0 Å². The Hall–Kier alpha value is -2.87. The molecular weight excluding hydrogens is 414 g/mol. The molecule has 1 aliphatic heterocycles. The second-order valence-corrected chi connectivity index (χ2v) is 9.52. The van der Waals surface area contributed by atoms with Gasteiger partial charge in [0.2, 0.25) is 0 Å². The van der Waals surface area contributed by atoms with Crippen LogP contribution in [0.25, 0.3) is 0 Å². The second kappa shape index (κ2) is 9.96. The van der Waals surface area contributed by atoms with Crippen LogP contribution >= 0.6 is 0 Å². The van der Waals surface area contributed by atoms with Crippen LogP contribution in [0, 0.1) is 20.8 Å². The van der Waals surface area contributed by atoms with Crippen molar-refractivity contribution in [3.8, 4) is 5.75 Å². The van der Waals surface area contributed by atoms with Crippen LogP contribution in [0.2, 0.25) is 0 Å². The van der Waals surface area contributed by atoms with E-state index in [9.17, 15) is 13.2 Å². The first-order valence-electron chi connectivity index (χ1n) is 10.4. The van der Waals surface area contributed by atoms with Crippen molar-refractivity contribution in [2.24, 2.45) is 4.99 Å². The van der Waals surface area contributed by atoms with E-state index in [1.165, 1.54) is 12.1 Å². The molecule has 3 rings (SSSR count). The average molecular weight is 444 g/mol. The smallest absolute Gasteiger partial charge is 0.262 e. The van der Waals surface area contributed by atoms with Crippen LogP contribution in [-0.4, -0.2) is 33.3 Å². The maximum atomic E-state index is 12.7. The molecule has 2 aromatic rings. The molecule has 0 fully saturated rings. The molecule has 0 atom stereocenters. The summed E-state index contributed by atoms with van der Waals surface area (Å²) in [6.45, 7) is 6.35. The minimum atomic E-state index is -3.77. The normalized spacial score (nSPS) is 14.4. The summed E-state index contributed by atoms with van der Waals surface area (Å²) in [7, 11) is -3.77. The summed E-state index contributed by atoms with van der Waals surface area (Å²) >= 11 is 0. The molecule has 2 N–H and O–H groups in total. The molecule has 0 aromatic heterocycles. The Bertz CT molecular complexity index is 1070. The number of hydrogen-bond acceptors (Lipinski definition) is 5. The highest BCUT2D eigenvalue weighted by Crippen LogP contribution is 2.24. The number of aryl methyl sites for hydroxylation is 3. The molecule has 1 amide bonds. The minimum absolute atomic E-state index is 0.0726. The first kappa shape index (κ1) is 22.8. The standard InChI is InChI=1S/C23H29N3O4S/c1-16-12-17(2)23(18(3)13-16)30-15-22(27)25-19-8-7-9-20(14-19)31(28,29)26-21-10-5-4-6-11-24-21/h7-9,12-14H,4-6,10-11,15H2,1-3H3,(H,24,26)(H,25,27). The molecule has 1 aliphatic rings. The average Bonchev–Trinajstić information content (AvgIpc) is 2.95. The largest absolute Gasteiger partial charge is 0.483 e. The Kier molecular flexibility index (Phi) is 7.33. The third kappa shape index (κ3) is 6.30. The van der Waals surface area contributed by atoms with Crippen LogP contribution in [0.1, 0.15) is 42.4 Å². The van der Waals surface area contributed by atoms with Gasteiger partial charge < -0.3 is 10.1 Å². The van der Waals surface area contributed by atoms with Gasteiger partial charge in [0.1, 0.15) is 11.6 Å². The fraction of sp³-hybridized carbons (Fsp3) is 0.391. The van der Waals surface area contributed by atoms with Crippen LogP contribution in [0.5, 0.6) is 5.75 Å². The van der Waals surface area contributed by atoms with Crippen LogP contribution < -0.4 is 14.8 Å². The summed E-state index contributed by atoms with van der Waals surface area (Å²) in [5, 5.41) is 2.70. The van der Waals surface area contributed by atoms with E-state index < -0.39 is 10.0 Å². The van der Waals surface area contributed by atoms with Gasteiger partial charge in [-0.3, -0.25) is 14.5 Å². The molecule has 0 radical (unpaired) electrons. The number of amidine groups is 1. The Morgan fingerprint density at radius 1 is 1.06 bits per heavy atom. The van der Waals surface area contributed by atoms with Crippen molar-refractivity contribution >= 4 is 27.5 Å². The summed E-state index contributed by atoms with van der Waals surface area (Å²) in [5.41, 5.74) is 3.45. The molecule has 1 heterocycles. The molecule has 0 aliphatic carbocycles. The van der Waals surface area contributed by atoms with Crippen molar-refractivity contribution in [3.63, 3.8) is 0 Å². The minimum Gasteiger partial charge on any atom is -0.483 e. The lowest BCUT2D eigenvalue weighted by molar-refractivity contribution is -0.118. The number of carbonyl (C=O) groups is 1. The van der Waals surface area contributed by atoms with Gasteiger partial charge in [-0.15, -0.1) is 0 Å². The van der Waals surface area contributed by atoms with Crippen molar-refractivity contribution in [2.45, 2.75) is 51.3 Å². The first-order valence-corrected chi connectivity index (χ1v) is 11.9.